The van der Waals surface area contributed by atoms with E-state index in [1.54, 1.807) is 0 Å². The Balaban J connectivity index is 0.00000338. The Bertz CT molecular complexity index is 446. The minimum atomic E-state index is -0.423. The standard InChI is InChI=1S/C18H34N4O3.2ClH/c1-3-21(4-2)16(23)14-20-8-5-9-22(11-10-20)18(24)17(19)15-6-12-25-13-7-15;;/h15,17H,3-14,19H2,1-2H3;2*1H. The van der Waals surface area contributed by atoms with Crippen molar-refractivity contribution in [3.05, 3.63) is 0 Å². The highest BCUT2D eigenvalue weighted by molar-refractivity contribution is 5.85. The van der Waals surface area contributed by atoms with E-state index in [1.807, 2.05) is 23.6 Å². The molecule has 0 bridgehead atoms. The molecule has 2 aliphatic heterocycles. The summed E-state index contributed by atoms with van der Waals surface area (Å²) in [7, 11) is 0. The van der Waals surface area contributed by atoms with Crippen LogP contribution in [0.4, 0.5) is 0 Å². The van der Waals surface area contributed by atoms with Gasteiger partial charge < -0.3 is 20.3 Å². The Morgan fingerprint density at radius 2 is 1.70 bits per heavy atom. The number of hydrogen-bond donors (Lipinski definition) is 1. The summed E-state index contributed by atoms with van der Waals surface area (Å²) >= 11 is 0. The molecule has 2 fully saturated rings. The minimum absolute atomic E-state index is 0. The van der Waals surface area contributed by atoms with Crippen molar-refractivity contribution < 1.29 is 14.3 Å². The fraction of sp³-hybridized carbons (Fsp3) is 0.889. The van der Waals surface area contributed by atoms with Crippen molar-refractivity contribution in [1.82, 2.24) is 14.7 Å². The molecular weight excluding hydrogens is 391 g/mol. The van der Waals surface area contributed by atoms with E-state index in [0.717, 1.165) is 52.0 Å². The monoisotopic (exact) mass is 426 g/mol. The lowest BCUT2D eigenvalue weighted by Crippen LogP contribution is -2.50. The second-order valence-corrected chi connectivity index (χ2v) is 7.00. The molecule has 1 unspecified atom stereocenters. The van der Waals surface area contributed by atoms with Gasteiger partial charge in [0.25, 0.3) is 0 Å². The van der Waals surface area contributed by atoms with Crippen LogP contribution in [0.15, 0.2) is 0 Å². The first kappa shape index (κ1) is 26.4. The Labute approximate surface area is 175 Å². The average molecular weight is 427 g/mol. The summed E-state index contributed by atoms with van der Waals surface area (Å²) in [4.78, 5) is 30.9. The molecule has 2 rings (SSSR count). The molecule has 2 aliphatic rings. The molecule has 2 heterocycles. The molecule has 7 nitrogen and oxygen atoms in total. The molecule has 0 aliphatic carbocycles. The summed E-state index contributed by atoms with van der Waals surface area (Å²) in [6.45, 7) is 10.3. The number of nitrogens with zero attached hydrogens (tertiary/aromatic N) is 3. The van der Waals surface area contributed by atoms with Crippen LogP contribution >= 0.6 is 24.8 Å². The molecule has 0 spiro atoms. The number of rotatable bonds is 6. The largest absolute Gasteiger partial charge is 0.381 e. The highest BCUT2D eigenvalue weighted by Gasteiger charge is 2.31. The summed E-state index contributed by atoms with van der Waals surface area (Å²) in [6.07, 6.45) is 2.62. The first-order valence-electron chi connectivity index (χ1n) is 9.69. The van der Waals surface area contributed by atoms with Crippen LogP contribution in [0.25, 0.3) is 0 Å². The zero-order valence-electron chi connectivity index (χ0n) is 16.6. The van der Waals surface area contributed by atoms with Crippen LogP contribution in [0.1, 0.15) is 33.1 Å². The van der Waals surface area contributed by atoms with E-state index in [0.29, 0.717) is 26.3 Å². The SMILES string of the molecule is CCN(CC)C(=O)CN1CCCN(C(=O)C(N)C2CCOCC2)CC1.Cl.Cl. The van der Waals surface area contributed by atoms with Gasteiger partial charge in [-0.3, -0.25) is 14.5 Å². The predicted molar refractivity (Wildman–Crippen MR) is 112 cm³/mol. The smallest absolute Gasteiger partial charge is 0.239 e. The second kappa shape index (κ2) is 13.6. The van der Waals surface area contributed by atoms with Crippen LogP contribution in [0.3, 0.4) is 0 Å². The highest BCUT2D eigenvalue weighted by atomic mass is 35.5. The zero-order valence-corrected chi connectivity index (χ0v) is 18.2. The van der Waals surface area contributed by atoms with Crippen LogP contribution in [-0.4, -0.2) is 91.6 Å². The lowest BCUT2D eigenvalue weighted by molar-refractivity contribution is -0.134. The van der Waals surface area contributed by atoms with Gasteiger partial charge in [-0.05, 0) is 39.0 Å². The van der Waals surface area contributed by atoms with Crippen LogP contribution in [-0.2, 0) is 14.3 Å². The van der Waals surface area contributed by atoms with E-state index in [-0.39, 0.29) is 42.5 Å². The topological polar surface area (TPSA) is 79.1 Å². The number of halogens is 2. The van der Waals surface area contributed by atoms with E-state index < -0.39 is 6.04 Å². The fourth-order valence-corrected chi connectivity index (χ4v) is 3.70. The zero-order chi connectivity index (χ0) is 18.2. The number of nitrogens with two attached hydrogens (primary N) is 1. The normalized spacial score (nSPS) is 20.0. The third-order valence-electron chi connectivity index (χ3n) is 5.43. The molecule has 0 aromatic rings. The van der Waals surface area contributed by atoms with Crippen molar-refractivity contribution in [2.24, 2.45) is 11.7 Å². The van der Waals surface area contributed by atoms with Gasteiger partial charge in [0.15, 0.2) is 0 Å². The first-order valence-corrected chi connectivity index (χ1v) is 9.69. The van der Waals surface area contributed by atoms with Gasteiger partial charge in [-0.2, -0.15) is 0 Å². The number of carbonyl (C=O) groups is 2. The number of ether oxygens (including phenoxy) is 1. The van der Waals surface area contributed by atoms with Crippen molar-refractivity contribution in [3.63, 3.8) is 0 Å². The van der Waals surface area contributed by atoms with Gasteiger partial charge >= 0.3 is 0 Å². The lowest BCUT2D eigenvalue weighted by Gasteiger charge is -2.31. The van der Waals surface area contributed by atoms with E-state index in [2.05, 4.69) is 4.90 Å². The van der Waals surface area contributed by atoms with Gasteiger partial charge in [0, 0.05) is 52.5 Å². The third-order valence-corrected chi connectivity index (χ3v) is 5.43. The van der Waals surface area contributed by atoms with Crippen molar-refractivity contribution in [2.45, 2.75) is 39.2 Å². The molecule has 0 aromatic heterocycles. The first-order chi connectivity index (χ1) is 12.1. The van der Waals surface area contributed by atoms with Crippen molar-refractivity contribution >= 4 is 36.6 Å². The predicted octanol–water partition coefficient (Wildman–Crippen LogP) is 0.987. The van der Waals surface area contributed by atoms with E-state index in [9.17, 15) is 9.59 Å². The van der Waals surface area contributed by atoms with Gasteiger partial charge in [-0.1, -0.05) is 0 Å². The molecule has 0 saturated carbocycles. The minimum Gasteiger partial charge on any atom is -0.381 e. The quantitative estimate of drug-likeness (QED) is 0.684. The van der Waals surface area contributed by atoms with Gasteiger partial charge in [-0.15, -0.1) is 24.8 Å². The molecule has 1 atom stereocenters. The Kier molecular flexibility index (Phi) is 13.3. The Morgan fingerprint density at radius 3 is 2.30 bits per heavy atom. The van der Waals surface area contributed by atoms with Crippen LogP contribution in [0.5, 0.6) is 0 Å². The third kappa shape index (κ3) is 7.74. The van der Waals surface area contributed by atoms with Gasteiger partial charge in [0.2, 0.25) is 11.8 Å². The molecule has 2 saturated heterocycles. The van der Waals surface area contributed by atoms with E-state index in [4.69, 9.17) is 10.5 Å². The maximum Gasteiger partial charge on any atom is 0.239 e. The number of likely N-dealkylation sites (N-methyl/N-ethyl adjacent to an activating group) is 1. The van der Waals surface area contributed by atoms with Gasteiger partial charge in [-0.25, -0.2) is 0 Å². The van der Waals surface area contributed by atoms with Gasteiger partial charge in [0.05, 0.1) is 12.6 Å². The van der Waals surface area contributed by atoms with Crippen molar-refractivity contribution in [3.8, 4) is 0 Å². The summed E-state index contributed by atoms with van der Waals surface area (Å²) in [6, 6.07) is -0.423. The maximum absolute atomic E-state index is 12.7. The molecule has 0 radical (unpaired) electrons. The van der Waals surface area contributed by atoms with E-state index in [1.165, 1.54) is 0 Å². The highest BCUT2D eigenvalue weighted by Crippen LogP contribution is 2.19. The van der Waals surface area contributed by atoms with Gasteiger partial charge in [0.1, 0.15) is 0 Å². The number of amides is 2. The van der Waals surface area contributed by atoms with Crippen molar-refractivity contribution in [1.29, 1.82) is 0 Å². The molecule has 27 heavy (non-hydrogen) atoms. The summed E-state index contributed by atoms with van der Waals surface area (Å²) in [5, 5.41) is 0. The maximum atomic E-state index is 12.7. The average Bonchev–Trinajstić information content (AvgIpc) is 2.88. The summed E-state index contributed by atoms with van der Waals surface area (Å²) in [5.74, 6) is 0.456. The number of hydrogen-bond acceptors (Lipinski definition) is 5. The molecular formula is C18H36Cl2N4O3. The second-order valence-electron chi connectivity index (χ2n) is 7.00. The molecule has 2 N–H and O–H groups in total. The molecule has 2 amide bonds. The lowest BCUT2D eigenvalue weighted by atomic mass is 9.91. The molecule has 0 aromatic carbocycles. The molecule has 9 heteroatoms. The summed E-state index contributed by atoms with van der Waals surface area (Å²) in [5.41, 5.74) is 6.24. The number of carbonyl (C=O) groups excluding carboxylic acids is 2. The van der Waals surface area contributed by atoms with Crippen LogP contribution in [0, 0.1) is 5.92 Å². The summed E-state index contributed by atoms with van der Waals surface area (Å²) < 4.78 is 5.36. The Morgan fingerprint density at radius 1 is 1.07 bits per heavy atom. The van der Waals surface area contributed by atoms with Crippen LogP contribution < -0.4 is 5.73 Å². The fourth-order valence-electron chi connectivity index (χ4n) is 3.70. The van der Waals surface area contributed by atoms with Crippen LogP contribution in [0.2, 0.25) is 0 Å². The molecule has 160 valence electrons. The van der Waals surface area contributed by atoms with Crippen molar-refractivity contribution in [2.75, 3.05) is 59.0 Å². The van der Waals surface area contributed by atoms with E-state index >= 15 is 0 Å². The Hall–Kier alpha value is -0.600.